The average Bonchev–Trinajstić information content (AvgIpc) is 2.71. The van der Waals surface area contributed by atoms with E-state index in [-0.39, 0.29) is 12.0 Å². The lowest BCUT2D eigenvalue weighted by molar-refractivity contribution is -0.122. The Kier molecular flexibility index (Phi) is 6.76. The van der Waals surface area contributed by atoms with Gasteiger partial charge >= 0.3 is 0 Å². The van der Waals surface area contributed by atoms with Crippen molar-refractivity contribution in [1.29, 1.82) is 0 Å². The highest BCUT2D eigenvalue weighted by Gasteiger charge is 2.19. The molecule has 0 radical (unpaired) electrons. The van der Waals surface area contributed by atoms with Crippen LogP contribution >= 0.6 is 0 Å². The highest BCUT2D eigenvalue weighted by molar-refractivity contribution is 5.94. The molecular weight excluding hydrogens is 356 g/mol. The van der Waals surface area contributed by atoms with Crippen LogP contribution in [-0.4, -0.2) is 50.3 Å². The van der Waals surface area contributed by atoms with Gasteiger partial charge in [-0.1, -0.05) is 12.1 Å². The number of rotatable bonds is 7. The summed E-state index contributed by atoms with van der Waals surface area (Å²) in [5.74, 6) is 1.73. The zero-order valence-electron chi connectivity index (χ0n) is 16.7. The molecule has 28 heavy (non-hydrogen) atoms. The molecule has 1 N–H and O–H groups in total. The Balaban J connectivity index is 1.52. The number of methoxy groups -OCH3 is 1. The molecule has 1 aliphatic rings. The lowest BCUT2D eigenvalue weighted by Gasteiger charge is -2.29. The Morgan fingerprint density at radius 1 is 1.07 bits per heavy atom. The molecular formula is C22H28N2O4. The van der Waals surface area contributed by atoms with Gasteiger partial charge in [-0.3, -0.25) is 4.79 Å². The largest absolute Gasteiger partial charge is 0.493 e. The number of anilines is 1. The number of para-hydroxylation sites is 2. The Labute approximate surface area is 166 Å². The molecule has 0 unspecified atom stereocenters. The van der Waals surface area contributed by atoms with Gasteiger partial charge in [0, 0.05) is 18.8 Å². The van der Waals surface area contributed by atoms with Gasteiger partial charge in [0.15, 0.2) is 17.6 Å². The molecule has 3 rings (SSSR count). The SMILES string of the molecule is COc1ccccc1O[C@@H](C)C(=O)Nc1ccc(OC2CCN(C)CC2)cc1. The molecule has 0 aromatic heterocycles. The van der Waals surface area contributed by atoms with Crippen LogP contribution in [0.5, 0.6) is 17.2 Å². The van der Waals surface area contributed by atoms with Crippen molar-refractivity contribution in [2.24, 2.45) is 0 Å². The molecule has 1 heterocycles. The Bertz CT molecular complexity index is 770. The van der Waals surface area contributed by atoms with E-state index in [0.717, 1.165) is 31.7 Å². The Hall–Kier alpha value is -2.73. The van der Waals surface area contributed by atoms with Crippen LogP contribution in [0, 0.1) is 0 Å². The summed E-state index contributed by atoms with van der Waals surface area (Å²) in [6.07, 6.45) is 1.66. The fraction of sp³-hybridized carbons (Fsp3) is 0.409. The van der Waals surface area contributed by atoms with Gasteiger partial charge in [0.25, 0.3) is 5.91 Å². The molecule has 1 saturated heterocycles. The van der Waals surface area contributed by atoms with Crippen LogP contribution in [0.1, 0.15) is 19.8 Å². The van der Waals surface area contributed by atoms with Gasteiger partial charge < -0.3 is 24.4 Å². The summed E-state index contributed by atoms with van der Waals surface area (Å²) in [7, 11) is 3.70. The van der Waals surface area contributed by atoms with Gasteiger partial charge in [-0.2, -0.15) is 0 Å². The van der Waals surface area contributed by atoms with E-state index in [1.807, 2.05) is 36.4 Å². The number of ether oxygens (including phenoxy) is 3. The molecule has 150 valence electrons. The van der Waals surface area contributed by atoms with Crippen LogP contribution in [0.2, 0.25) is 0 Å². The van der Waals surface area contributed by atoms with Crippen molar-refractivity contribution in [2.75, 3.05) is 32.6 Å². The summed E-state index contributed by atoms with van der Waals surface area (Å²) < 4.78 is 17.0. The lowest BCUT2D eigenvalue weighted by Crippen LogP contribution is -2.35. The lowest BCUT2D eigenvalue weighted by atomic mass is 10.1. The van der Waals surface area contributed by atoms with E-state index in [1.165, 1.54) is 0 Å². The van der Waals surface area contributed by atoms with Gasteiger partial charge in [0.05, 0.1) is 7.11 Å². The summed E-state index contributed by atoms with van der Waals surface area (Å²) in [6, 6.07) is 14.7. The van der Waals surface area contributed by atoms with E-state index < -0.39 is 6.10 Å². The van der Waals surface area contributed by atoms with Gasteiger partial charge in [-0.15, -0.1) is 0 Å². The van der Waals surface area contributed by atoms with E-state index in [4.69, 9.17) is 14.2 Å². The molecule has 1 atom stereocenters. The number of carbonyl (C=O) groups excluding carboxylic acids is 1. The number of nitrogens with one attached hydrogen (secondary N) is 1. The Morgan fingerprint density at radius 3 is 2.36 bits per heavy atom. The van der Waals surface area contributed by atoms with E-state index in [1.54, 1.807) is 26.2 Å². The average molecular weight is 384 g/mol. The summed E-state index contributed by atoms with van der Waals surface area (Å²) in [5.41, 5.74) is 0.705. The van der Waals surface area contributed by atoms with Gasteiger partial charge in [0.2, 0.25) is 0 Å². The summed E-state index contributed by atoms with van der Waals surface area (Å²) >= 11 is 0. The number of hydrogen-bond acceptors (Lipinski definition) is 5. The number of hydrogen-bond donors (Lipinski definition) is 1. The van der Waals surface area contributed by atoms with Crippen molar-refractivity contribution in [2.45, 2.75) is 32.0 Å². The third-order valence-corrected chi connectivity index (χ3v) is 4.83. The summed E-state index contributed by atoms with van der Waals surface area (Å²) in [4.78, 5) is 14.7. The number of likely N-dealkylation sites (tertiary alicyclic amines) is 1. The molecule has 1 fully saturated rings. The number of benzene rings is 2. The van der Waals surface area contributed by atoms with Crippen molar-refractivity contribution < 1.29 is 19.0 Å². The first kappa shape index (κ1) is 20.0. The monoisotopic (exact) mass is 384 g/mol. The normalized spacial score (nSPS) is 16.2. The van der Waals surface area contributed by atoms with Gasteiger partial charge in [0.1, 0.15) is 11.9 Å². The van der Waals surface area contributed by atoms with Crippen LogP contribution < -0.4 is 19.5 Å². The molecule has 0 aliphatic carbocycles. The number of amides is 1. The molecule has 6 heteroatoms. The van der Waals surface area contributed by atoms with E-state index in [9.17, 15) is 4.79 Å². The zero-order valence-corrected chi connectivity index (χ0v) is 16.7. The first-order valence-electron chi connectivity index (χ1n) is 9.61. The fourth-order valence-corrected chi connectivity index (χ4v) is 3.12. The highest BCUT2D eigenvalue weighted by atomic mass is 16.5. The second kappa shape index (κ2) is 9.46. The molecule has 6 nitrogen and oxygen atoms in total. The highest BCUT2D eigenvalue weighted by Crippen LogP contribution is 2.27. The zero-order chi connectivity index (χ0) is 19.9. The minimum absolute atomic E-state index is 0.227. The first-order chi connectivity index (χ1) is 13.5. The van der Waals surface area contributed by atoms with Crippen molar-refractivity contribution >= 4 is 11.6 Å². The molecule has 1 amide bonds. The van der Waals surface area contributed by atoms with E-state index in [2.05, 4.69) is 17.3 Å². The fourth-order valence-electron chi connectivity index (χ4n) is 3.12. The standard InChI is InChI=1S/C22H28N2O4/c1-16(27-21-7-5-4-6-20(21)26-3)22(25)23-17-8-10-18(11-9-17)28-19-12-14-24(2)15-13-19/h4-11,16,19H,12-15H2,1-3H3,(H,23,25)/t16-/m0/s1. The second-order valence-electron chi connectivity index (χ2n) is 7.05. The maximum atomic E-state index is 12.4. The van der Waals surface area contributed by atoms with Crippen molar-refractivity contribution in [3.05, 3.63) is 48.5 Å². The molecule has 1 aliphatic heterocycles. The van der Waals surface area contributed by atoms with Crippen molar-refractivity contribution in [1.82, 2.24) is 4.90 Å². The molecule has 0 saturated carbocycles. The predicted octanol–water partition coefficient (Wildman–Crippen LogP) is 3.57. The second-order valence-corrected chi connectivity index (χ2v) is 7.05. The van der Waals surface area contributed by atoms with Gasteiger partial charge in [-0.25, -0.2) is 0 Å². The smallest absolute Gasteiger partial charge is 0.265 e. The third-order valence-electron chi connectivity index (χ3n) is 4.83. The van der Waals surface area contributed by atoms with Crippen LogP contribution in [-0.2, 0) is 4.79 Å². The van der Waals surface area contributed by atoms with Crippen LogP contribution in [0.15, 0.2) is 48.5 Å². The minimum atomic E-state index is -0.661. The van der Waals surface area contributed by atoms with Crippen LogP contribution in [0.3, 0.4) is 0 Å². The topological polar surface area (TPSA) is 60.0 Å². The minimum Gasteiger partial charge on any atom is -0.493 e. The van der Waals surface area contributed by atoms with Gasteiger partial charge in [-0.05, 0) is 63.2 Å². The molecule has 2 aromatic carbocycles. The third kappa shape index (κ3) is 5.39. The molecule has 2 aromatic rings. The molecule has 0 bridgehead atoms. The van der Waals surface area contributed by atoms with E-state index >= 15 is 0 Å². The number of carbonyl (C=O) groups is 1. The summed E-state index contributed by atoms with van der Waals surface area (Å²) in [6.45, 7) is 3.82. The maximum absolute atomic E-state index is 12.4. The van der Waals surface area contributed by atoms with Crippen LogP contribution in [0.4, 0.5) is 5.69 Å². The number of nitrogens with zero attached hydrogens (tertiary/aromatic N) is 1. The van der Waals surface area contributed by atoms with E-state index in [0.29, 0.717) is 17.2 Å². The summed E-state index contributed by atoms with van der Waals surface area (Å²) in [5, 5.41) is 2.87. The number of piperidine rings is 1. The van der Waals surface area contributed by atoms with Crippen molar-refractivity contribution in [3.63, 3.8) is 0 Å². The molecule has 0 spiro atoms. The first-order valence-corrected chi connectivity index (χ1v) is 9.61. The van der Waals surface area contributed by atoms with Crippen molar-refractivity contribution in [3.8, 4) is 17.2 Å². The Morgan fingerprint density at radius 2 is 1.71 bits per heavy atom. The quantitative estimate of drug-likeness (QED) is 0.791. The maximum Gasteiger partial charge on any atom is 0.265 e. The predicted molar refractivity (Wildman–Crippen MR) is 109 cm³/mol. The van der Waals surface area contributed by atoms with Crippen LogP contribution in [0.25, 0.3) is 0 Å².